The number of para-hydroxylation sites is 1. The molecular formula is C22H23N3O2S2. The molecule has 2 atom stereocenters. The molecule has 0 radical (unpaired) electrons. The van der Waals surface area contributed by atoms with E-state index in [0.717, 1.165) is 42.3 Å². The lowest BCUT2D eigenvalue weighted by Gasteiger charge is -2.20. The number of thioether (sulfide) groups is 1. The molecule has 0 unspecified atom stereocenters. The van der Waals surface area contributed by atoms with E-state index in [1.165, 1.54) is 34.2 Å². The first-order valence-electron chi connectivity index (χ1n) is 10.1. The number of thiophene rings is 1. The van der Waals surface area contributed by atoms with Crippen molar-refractivity contribution in [2.75, 3.05) is 11.4 Å². The fraction of sp³-hybridized carbons (Fsp3) is 0.409. The summed E-state index contributed by atoms with van der Waals surface area (Å²) in [6.45, 7) is 4.94. The molecule has 1 aliphatic heterocycles. The van der Waals surface area contributed by atoms with E-state index in [9.17, 15) is 4.79 Å². The molecule has 2 aromatic heterocycles. The number of amides is 1. The van der Waals surface area contributed by atoms with Crippen LogP contribution < -0.4 is 4.90 Å². The van der Waals surface area contributed by atoms with Crippen LogP contribution in [0.3, 0.4) is 0 Å². The smallest absolute Gasteiger partial charge is 0.277 e. The van der Waals surface area contributed by atoms with Crippen LogP contribution in [-0.4, -0.2) is 27.9 Å². The maximum Gasteiger partial charge on any atom is 0.277 e. The average Bonchev–Trinajstić information content (AvgIpc) is 3.44. The molecule has 3 aromatic rings. The van der Waals surface area contributed by atoms with Crippen molar-refractivity contribution in [2.24, 2.45) is 5.92 Å². The van der Waals surface area contributed by atoms with Gasteiger partial charge in [-0.15, -0.1) is 21.5 Å². The third-order valence-corrected chi connectivity index (χ3v) is 7.87. The summed E-state index contributed by atoms with van der Waals surface area (Å²) in [4.78, 5) is 17.3. The molecule has 0 fully saturated rings. The van der Waals surface area contributed by atoms with Crippen LogP contribution in [0.5, 0.6) is 0 Å². The van der Waals surface area contributed by atoms with Gasteiger partial charge in [0.05, 0.1) is 10.1 Å². The Morgan fingerprint density at radius 3 is 3.03 bits per heavy atom. The van der Waals surface area contributed by atoms with Gasteiger partial charge < -0.3 is 9.32 Å². The molecule has 29 heavy (non-hydrogen) atoms. The van der Waals surface area contributed by atoms with Crippen LogP contribution in [0, 0.1) is 5.92 Å². The summed E-state index contributed by atoms with van der Waals surface area (Å²) < 4.78 is 5.91. The summed E-state index contributed by atoms with van der Waals surface area (Å²) in [5, 5.41) is 8.60. The number of benzene rings is 1. The van der Waals surface area contributed by atoms with Gasteiger partial charge in [0.2, 0.25) is 5.91 Å². The fourth-order valence-electron chi connectivity index (χ4n) is 4.16. The molecule has 1 aliphatic carbocycles. The van der Waals surface area contributed by atoms with E-state index in [2.05, 4.69) is 29.3 Å². The highest BCUT2D eigenvalue weighted by Crippen LogP contribution is 2.38. The molecule has 150 valence electrons. The van der Waals surface area contributed by atoms with Crippen molar-refractivity contribution >= 4 is 34.7 Å². The minimum absolute atomic E-state index is 0.0836. The van der Waals surface area contributed by atoms with Crippen molar-refractivity contribution in [3.05, 3.63) is 46.3 Å². The van der Waals surface area contributed by atoms with E-state index >= 15 is 0 Å². The van der Waals surface area contributed by atoms with Gasteiger partial charge in [0.1, 0.15) is 0 Å². The van der Waals surface area contributed by atoms with E-state index in [0.29, 0.717) is 11.1 Å². The van der Waals surface area contributed by atoms with E-state index in [1.54, 1.807) is 11.3 Å². The van der Waals surface area contributed by atoms with Crippen molar-refractivity contribution in [1.29, 1.82) is 0 Å². The van der Waals surface area contributed by atoms with Crippen LogP contribution >= 0.6 is 23.1 Å². The monoisotopic (exact) mass is 425 g/mol. The molecule has 1 aromatic carbocycles. The van der Waals surface area contributed by atoms with Crippen LogP contribution in [0.2, 0.25) is 0 Å². The van der Waals surface area contributed by atoms with Crippen molar-refractivity contribution in [3.8, 4) is 10.8 Å². The molecule has 1 amide bonds. The fourth-order valence-corrected chi connectivity index (χ4v) is 6.03. The van der Waals surface area contributed by atoms with Gasteiger partial charge in [-0.05, 0) is 61.8 Å². The number of hydrogen-bond donors (Lipinski definition) is 0. The van der Waals surface area contributed by atoms with Gasteiger partial charge in [-0.25, -0.2) is 0 Å². The summed E-state index contributed by atoms with van der Waals surface area (Å²) in [6.07, 6.45) is 4.42. The van der Waals surface area contributed by atoms with Gasteiger partial charge in [-0.2, -0.15) is 0 Å². The number of carbonyl (C=O) groups is 1. The Bertz CT molecular complexity index is 1060. The molecule has 3 heterocycles. The van der Waals surface area contributed by atoms with E-state index in [-0.39, 0.29) is 11.2 Å². The zero-order valence-electron chi connectivity index (χ0n) is 16.6. The Kier molecular flexibility index (Phi) is 4.95. The number of aryl methyl sites for hydroxylation is 1. The number of hydrogen-bond acceptors (Lipinski definition) is 6. The Labute approximate surface area is 178 Å². The molecule has 0 spiro atoms. The van der Waals surface area contributed by atoms with Gasteiger partial charge in [0.15, 0.2) is 0 Å². The number of rotatable bonds is 4. The first-order chi connectivity index (χ1) is 14.1. The third kappa shape index (κ3) is 3.62. The Balaban J connectivity index is 1.29. The number of carbonyl (C=O) groups excluding carboxylic acids is 1. The summed E-state index contributed by atoms with van der Waals surface area (Å²) in [5.74, 6) is 1.38. The quantitative estimate of drug-likeness (QED) is 0.551. The Hall–Kier alpha value is -2.12. The van der Waals surface area contributed by atoms with Gasteiger partial charge >= 0.3 is 0 Å². The third-order valence-electron chi connectivity index (χ3n) is 5.73. The SMILES string of the molecule is C[C@H]1CCc2sc(-c3nnc(S[C@H](C)C(=O)N4CCc5ccccc54)o3)cc2C1. The molecule has 0 saturated carbocycles. The maximum absolute atomic E-state index is 13.0. The molecule has 2 aliphatic rings. The number of aromatic nitrogens is 2. The van der Waals surface area contributed by atoms with Crippen molar-refractivity contribution in [2.45, 2.75) is 50.0 Å². The van der Waals surface area contributed by atoms with Gasteiger partial charge in [0, 0.05) is 17.1 Å². The maximum atomic E-state index is 13.0. The second-order valence-electron chi connectivity index (χ2n) is 7.91. The summed E-state index contributed by atoms with van der Waals surface area (Å²) in [5.41, 5.74) is 3.68. The van der Waals surface area contributed by atoms with Crippen molar-refractivity contribution in [1.82, 2.24) is 10.2 Å². The number of nitrogens with zero attached hydrogens (tertiary/aromatic N) is 3. The topological polar surface area (TPSA) is 59.2 Å². The lowest BCUT2D eigenvalue weighted by atomic mass is 9.90. The summed E-state index contributed by atoms with van der Waals surface area (Å²) >= 11 is 3.10. The highest BCUT2D eigenvalue weighted by molar-refractivity contribution is 8.00. The minimum atomic E-state index is -0.285. The predicted molar refractivity (Wildman–Crippen MR) is 117 cm³/mol. The normalized spacial score (nSPS) is 19.1. The highest BCUT2D eigenvalue weighted by atomic mass is 32.2. The summed E-state index contributed by atoms with van der Waals surface area (Å²) in [7, 11) is 0. The molecule has 0 saturated heterocycles. The average molecular weight is 426 g/mol. The largest absolute Gasteiger partial charge is 0.410 e. The lowest BCUT2D eigenvalue weighted by Crippen LogP contribution is -2.35. The molecular weight excluding hydrogens is 402 g/mol. The van der Waals surface area contributed by atoms with Crippen molar-refractivity contribution < 1.29 is 9.21 Å². The molecule has 5 nitrogen and oxygen atoms in total. The first kappa shape index (κ1) is 18.9. The van der Waals surface area contributed by atoms with E-state index in [4.69, 9.17) is 4.42 Å². The number of fused-ring (bicyclic) bond motifs is 2. The van der Waals surface area contributed by atoms with Crippen LogP contribution in [0.25, 0.3) is 10.8 Å². The number of anilines is 1. The second-order valence-corrected chi connectivity index (χ2v) is 10.3. The zero-order valence-corrected chi connectivity index (χ0v) is 18.2. The Morgan fingerprint density at radius 1 is 1.28 bits per heavy atom. The van der Waals surface area contributed by atoms with Gasteiger partial charge in [-0.3, -0.25) is 4.79 Å². The lowest BCUT2D eigenvalue weighted by molar-refractivity contribution is -0.117. The molecule has 7 heteroatoms. The molecule has 0 bridgehead atoms. The predicted octanol–water partition coefficient (Wildman–Crippen LogP) is 4.99. The van der Waals surface area contributed by atoms with Gasteiger partial charge in [0.25, 0.3) is 11.1 Å². The standard InChI is InChI=1S/C22H23N3O2S2/c1-13-7-8-18-16(11-13)12-19(29-18)20-23-24-22(27-20)28-14(2)21(26)25-10-9-15-5-3-4-6-17(15)25/h3-6,12-14H,7-11H2,1-2H3/t13-,14+/m0/s1. The van der Waals surface area contributed by atoms with E-state index in [1.807, 2.05) is 30.0 Å². The summed E-state index contributed by atoms with van der Waals surface area (Å²) in [6, 6.07) is 10.3. The molecule has 5 rings (SSSR count). The van der Waals surface area contributed by atoms with Crippen LogP contribution in [0.15, 0.2) is 40.0 Å². The second kappa shape index (κ2) is 7.61. The highest BCUT2D eigenvalue weighted by Gasteiger charge is 2.29. The Morgan fingerprint density at radius 2 is 2.14 bits per heavy atom. The first-order valence-corrected chi connectivity index (χ1v) is 11.8. The van der Waals surface area contributed by atoms with Crippen LogP contribution in [-0.2, 0) is 24.1 Å². The van der Waals surface area contributed by atoms with Crippen LogP contribution in [0.4, 0.5) is 5.69 Å². The zero-order chi connectivity index (χ0) is 20.0. The minimum Gasteiger partial charge on any atom is -0.410 e. The van der Waals surface area contributed by atoms with Crippen LogP contribution in [0.1, 0.15) is 36.3 Å². The van der Waals surface area contributed by atoms with Crippen molar-refractivity contribution in [3.63, 3.8) is 0 Å². The van der Waals surface area contributed by atoms with E-state index < -0.39 is 0 Å². The molecule has 0 N–H and O–H groups in total. The van der Waals surface area contributed by atoms with Gasteiger partial charge in [-0.1, -0.05) is 36.9 Å².